The molecule has 0 aliphatic carbocycles. The highest BCUT2D eigenvalue weighted by Crippen LogP contribution is 2.07. The summed E-state index contributed by atoms with van der Waals surface area (Å²) >= 11 is 0. The van der Waals surface area contributed by atoms with Crippen molar-refractivity contribution >= 4 is 0 Å². The molecule has 0 bridgehead atoms. The van der Waals surface area contributed by atoms with Gasteiger partial charge in [-0.2, -0.15) is 0 Å². The Morgan fingerprint density at radius 1 is 0.933 bits per heavy atom. The van der Waals surface area contributed by atoms with E-state index in [9.17, 15) is 0 Å². The van der Waals surface area contributed by atoms with Crippen molar-refractivity contribution in [2.45, 2.75) is 58.3 Å². The highest BCUT2D eigenvalue weighted by Gasteiger charge is 1.90. The van der Waals surface area contributed by atoms with Gasteiger partial charge in [-0.1, -0.05) is 57.9 Å². The third kappa shape index (κ3) is 13.5. The summed E-state index contributed by atoms with van der Waals surface area (Å²) in [6, 6.07) is 0. The molecule has 0 rings (SSSR count). The largest absolute Gasteiger partial charge is 0.405 e. The molecular formula is C13H28N2. The van der Waals surface area contributed by atoms with Crippen LogP contribution in [0.2, 0.25) is 0 Å². The summed E-state index contributed by atoms with van der Waals surface area (Å²) < 4.78 is 0. The van der Waals surface area contributed by atoms with Crippen LogP contribution in [0.15, 0.2) is 12.3 Å². The zero-order valence-electron chi connectivity index (χ0n) is 10.3. The molecule has 0 aromatic rings. The Morgan fingerprint density at radius 2 is 1.53 bits per heavy atom. The molecule has 90 valence electrons. The average Bonchev–Trinajstić information content (AvgIpc) is 2.26. The molecule has 2 heteroatoms. The summed E-state index contributed by atoms with van der Waals surface area (Å²) in [5.74, 6) is 0. The summed E-state index contributed by atoms with van der Waals surface area (Å²) in [4.78, 5) is 0. The van der Waals surface area contributed by atoms with E-state index in [1.165, 1.54) is 51.4 Å². The summed E-state index contributed by atoms with van der Waals surface area (Å²) in [6.07, 6.45) is 14.6. The Morgan fingerprint density at radius 3 is 2.13 bits per heavy atom. The fraction of sp³-hybridized carbons (Fsp3) is 0.846. The monoisotopic (exact) mass is 212 g/mol. The van der Waals surface area contributed by atoms with Gasteiger partial charge in [-0.25, -0.2) is 0 Å². The second kappa shape index (κ2) is 13.5. The number of unbranched alkanes of at least 4 members (excludes halogenated alkanes) is 7. The van der Waals surface area contributed by atoms with Crippen LogP contribution in [-0.4, -0.2) is 13.1 Å². The lowest BCUT2D eigenvalue weighted by Crippen LogP contribution is -2.15. The smallest absolute Gasteiger partial charge is 0.0151 e. The summed E-state index contributed by atoms with van der Waals surface area (Å²) in [6.45, 7) is 4.30. The first-order valence-electron chi connectivity index (χ1n) is 6.49. The molecule has 0 aromatic heterocycles. The van der Waals surface area contributed by atoms with Gasteiger partial charge in [0.25, 0.3) is 0 Å². The number of rotatable bonds is 11. The van der Waals surface area contributed by atoms with Crippen molar-refractivity contribution in [2.24, 2.45) is 5.73 Å². The van der Waals surface area contributed by atoms with Gasteiger partial charge in [-0.3, -0.25) is 0 Å². The van der Waals surface area contributed by atoms with E-state index in [-0.39, 0.29) is 0 Å². The van der Waals surface area contributed by atoms with Crippen molar-refractivity contribution in [2.75, 3.05) is 13.1 Å². The molecule has 0 atom stereocenters. The first-order valence-corrected chi connectivity index (χ1v) is 6.49. The molecule has 0 aliphatic heterocycles. The Balaban J connectivity index is 2.86. The first kappa shape index (κ1) is 14.5. The van der Waals surface area contributed by atoms with E-state index in [1.54, 1.807) is 6.20 Å². The molecule has 2 nitrogen and oxygen atoms in total. The Kier molecular flexibility index (Phi) is 13.1. The van der Waals surface area contributed by atoms with Crippen molar-refractivity contribution in [1.82, 2.24) is 5.32 Å². The summed E-state index contributed by atoms with van der Waals surface area (Å²) in [7, 11) is 0. The minimum absolute atomic E-state index is 0.910. The highest BCUT2D eigenvalue weighted by atomic mass is 14.8. The number of hydrogen-bond donors (Lipinski definition) is 2. The quantitative estimate of drug-likeness (QED) is 0.516. The van der Waals surface area contributed by atoms with E-state index in [2.05, 4.69) is 12.2 Å². The lowest BCUT2D eigenvalue weighted by Gasteiger charge is -2.02. The zero-order valence-corrected chi connectivity index (χ0v) is 10.3. The third-order valence-corrected chi connectivity index (χ3v) is 2.61. The van der Waals surface area contributed by atoms with E-state index < -0.39 is 0 Å². The minimum Gasteiger partial charge on any atom is -0.405 e. The molecule has 3 N–H and O–H groups in total. The second-order valence-corrected chi connectivity index (χ2v) is 4.11. The van der Waals surface area contributed by atoms with Crippen LogP contribution in [0.5, 0.6) is 0 Å². The van der Waals surface area contributed by atoms with Gasteiger partial charge in [0.2, 0.25) is 0 Å². The molecule has 0 aliphatic rings. The molecule has 0 fully saturated rings. The van der Waals surface area contributed by atoms with Crippen molar-refractivity contribution in [3.8, 4) is 0 Å². The predicted octanol–water partition coefficient (Wildman–Crippen LogP) is 3.19. The van der Waals surface area contributed by atoms with Crippen LogP contribution >= 0.6 is 0 Å². The summed E-state index contributed by atoms with van der Waals surface area (Å²) in [5.41, 5.74) is 5.23. The number of nitrogens with one attached hydrogen (secondary N) is 1. The second-order valence-electron chi connectivity index (χ2n) is 4.11. The van der Waals surface area contributed by atoms with Crippen LogP contribution in [-0.2, 0) is 0 Å². The van der Waals surface area contributed by atoms with Gasteiger partial charge in [0.05, 0.1) is 0 Å². The van der Waals surface area contributed by atoms with Crippen molar-refractivity contribution in [3.05, 3.63) is 12.3 Å². The molecule has 0 radical (unpaired) electrons. The van der Waals surface area contributed by atoms with Crippen molar-refractivity contribution < 1.29 is 0 Å². The van der Waals surface area contributed by atoms with E-state index in [0.717, 1.165) is 13.1 Å². The van der Waals surface area contributed by atoms with Gasteiger partial charge in [0.1, 0.15) is 0 Å². The van der Waals surface area contributed by atoms with Crippen LogP contribution in [0.4, 0.5) is 0 Å². The van der Waals surface area contributed by atoms with Gasteiger partial charge in [-0.15, -0.1) is 0 Å². The number of hydrogen-bond acceptors (Lipinski definition) is 2. The molecule has 0 unspecified atom stereocenters. The van der Waals surface area contributed by atoms with Crippen LogP contribution in [0.1, 0.15) is 58.3 Å². The Labute approximate surface area is 95.3 Å². The molecule has 0 saturated heterocycles. The van der Waals surface area contributed by atoms with Crippen molar-refractivity contribution in [1.29, 1.82) is 0 Å². The molecule has 0 amide bonds. The minimum atomic E-state index is 0.910. The van der Waals surface area contributed by atoms with Gasteiger partial charge in [-0.05, 0) is 19.2 Å². The lowest BCUT2D eigenvalue weighted by atomic mass is 10.1. The Hall–Kier alpha value is -0.500. The summed E-state index contributed by atoms with van der Waals surface area (Å²) in [5, 5.41) is 3.33. The van der Waals surface area contributed by atoms with E-state index in [0.29, 0.717) is 0 Å². The Bertz CT molecular complexity index is 132. The van der Waals surface area contributed by atoms with Gasteiger partial charge in [0.15, 0.2) is 0 Å². The molecule has 0 aromatic carbocycles. The lowest BCUT2D eigenvalue weighted by molar-refractivity contribution is 0.563. The molecule has 0 heterocycles. The van der Waals surface area contributed by atoms with E-state index >= 15 is 0 Å². The maximum absolute atomic E-state index is 5.23. The van der Waals surface area contributed by atoms with Crippen LogP contribution in [0.25, 0.3) is 0 Å². The van der Waals surface area contributed by atoms with Gasteiger partial charge < -0.3 is 11.1 Å². The fourth-order valence-corrected chi connectivity index (χ4v) is 1.64. The van der Waals surface area contributed by atoms with Gasteiger partial charge >= 0.3 is 0 Å². The standard InChI is InChI=1S/C13H28N2/c1-2-3-4-5-6-7-8-9-12-15-13-10-11-14/h10-11,15H,2-9,12-14H2,1H3. The maximum Gasteiger partial charge on any atom is 0.0151 e. The fourth-order valence-electron chi connectivity index (χ4n) is 1.64. The predicted molar refractivity (Wildman–Crippen MR) is 68.8 cm³/mol. The maximum atomic E-state index is 5.23. The third-order valence-electron chi connectivity index (χ3n) is 2.61. The molecule has 0 spiro atoms. The van der Waals surface area contributed by atoms with Crippen LogP contribution in [0.3, 0.4) is 0 Å². The molecule has 15 heavy (non-hydrogen) atoms. The van der Waals surface area contributed by atoms with E-state index in [4.69, 9.17) is 5.73 Å². The van der Waals surface area contributed by atoms with Crippen LogP contribution in [0, 0.1) is 0 Å². The SMILES string of the molecule is CCCCCCCCCCNCC=CN. The highest BCUT2D eigenvalue weighted by molar-refractivity contribution is 4.77. The first-order chi connectivity index (χ1) is 7.41. The van der Waals surface area contributed by atoms with E-state index in [1.807, 2.05) is 6.08 Å². The van der Waals surface area contributed by atoms with Crippen molar-refractivity contribution in [3.63, 3.8) is 0 Å². The zero-order chi connectivity index (χ0) is 11.2. The number of nitrogens with two attached hydrogens (primary N) is 1. The average molecular weight is 212 g/mol. The molecule has 0 saturated carbocycles. The topological polar surface area (TPSA) is 38.0 Å². The van der Waals surface area contributed by atoms with Gasteiger partial charge in [0, 0.05) is 6.54 Å². The molecular weight excluding hydrogens is 184 g/mol. The van der Waals surface area contributed by atoms with Crippen LogP contribution < -0.4 is 11.1 Å². The normalized spacial score (nSPS) is 11.3.